The quantitative estimate of drug-likeness (QED) is 0.736. The first-order valence-corrected chi connectivity index (χ1v) is 5.63. The van der Waals surface area contributed by atoms with Crippen molar-refractivity contribution in [3.05, 3.63) is 12.2 Å². The summed E-state index contributed by atoms with van der Waals surface area (Å²) >= 11 is 0. The van der Waals surface area contributed by atoms with E-state index in [-0.39, 0.29) is 12.5 Å². The first-order valence-electron chi connectivity index (χ1n) is 5.63. The molecule has 1 saturated heterocycles. The van der Waals surface area contributed by atoms with Gasteiger partial charge in [-0.3, -0.25) is 14.8 Å². The third kappa shape index (κ3) is 3.24. The lowest BCUT2D eigenvalue weighted by Gasteiger charge is -2.34. The molecule has 0 radical (unpaired) electrons. The smallest absolute Gasteiger partial charge is 0.248 e. The van der Waals surface area contributed by atoms with Gasteiger partial charge in [0, 0.05) is 33.3 Å². The lowest BCUT2D eigenvalue weighted by atomic mass is 10.3. The van der Waals surface area contributed by atoms with Crippen molar-refractivity contribution in [1.29, 1.82) is 0 Å². The van der Waals surface area contributed by atoms with Gasteiger partial charge < -0.3 is 9.64 Å². The van der Waals surface area contributed by atoms with Gasteiger partial charge in [-0.1, -0.05) is 0 Å². The molecular weight excluding hydrogens is 222 g/mol. The number of carbonyl (C=O) groups excluding carboxylic acids is 1. The molecule has 0 aromatic carbocycles. The summed E-state index contributed by atoms with van der Waals surface area (Å²) < 4.78 is 4.84. The molecule has 1 aromatic heterocycles. The van der Waals surface area contributed by atoms with Crippen molar-refractivity contribution in [3.8, 4) is 0 Å². The largest absolute Gasteiger partial charge is 0.375 e. The number of nitrogens with one attached hydrogen (secondary N) is 1. The highest BCUT2D eigenvalue weighted by Crippen LogP contribution is 2.05. The molecule has 1 aliphatic heterocycles. The normalized spacial score (nSPS) is 17.4. The highest BCUT2D eigenvalue weighted by molar-refractivity contribution is 5.77. The van der Waals surface area contributed by atoms with Crippen LogP contribution in [0.3, 0.4) is 0 Å². The van der Waals surface area contributed by atoms with Crippen LogP contribution in [0.5, 0.6) is 0 Å². The fraction of sp³-hybridized carbons (Fsp3) is 0.700. The Kier molecular flexibility index (Phi) is 4.05. The van der Waals surface area contributed by atoms with Gasteiger partial charge in [-0.25, -0.2) is 4.98 Å². The summed E-state index contributed by atoms with van der Waals surface area (Å²) in [5.74, 6) is 0.925. The molecule has 0 spiro atoms. The number of H-pyrrole nitrogens is 1. The Labute approximate surface area is 99.8 Å². The molecule has 2 heterocycles. The Bertz CT molecular complexity index is 346. The summed E-state index contributed by atoms with van der Waals surface area (Å²) in [7, 11) is 1.54. The van der Waals surface area contributed by atoms with Crippen molar-refractivity contribution in [1.82, 2.24) is 25.0 Å². The van der Waals surface area contributed by atoms with E-state index in [0.29, 0.717) is 0 Å². The summed E-state index contributed by atoms with van der Waals surface area (Å²) in [4.78, 5) is 19.7. The van der Waals surface area contributed by atoms with Crippen molar-refractivity contribution in [2.24, 2.45) is 0 Å². The average Bonchev–Trinajstić information content (AvgIpc) is 2.83. The van der Waals surface area contributed by atoms with E-state index in [2.05, 4.69) is 20.1 Å². The van der Waals surface area contributed by atoms with Crippen LogP contribution in [0.25, 0.3) is 0 Å². The minimum absolute atomic E-state index is 0.0619. The van der Waals surface area contributed by atoms with E-state index in [0.717, 1.165) is 38.5 Å². The van der Waals surface area contributed by atoms with E-state index in [1.807, 2.05) is 4.90 Å². The molecule has 0 unspecified atom stereocenters. The summed E-state index contributed by atoms with van der Waals surface area (Å²) in [6.45, 7) is 4.13. The van der Waals surface area contributed by atoms with Gasteiger partial charge in [-0.15, -0.1) is 0 Å². The lowest BCUT2D eigenvalue weighted by Crippen LogP contribution is -2.49. The molecule has 1 fully saturated rings. The zero-order chi connectivity index (χ0) is 12.1. The van der Waals surface area contributed by atoms with E-state index >= 15 is 0 Å². The van der Waals surface area contributed by atoms with Crippen molar-refractivity contribution >= 4 is 5.91 Å². The van der Waals surface area contributed by atoms with Crippen LogP contribution in [-0.2, 0) is 16.1 Å². The monoisotopic (exact) mass is 239 g/mol. The van der Waals surface area contributed by atoms with E-state index < -0.39 is 0 Å². The topological polar surface area (TPSA) is 74.3 Å². The summed E-state index contributed by atoms with van der Waals surface area (Å²) in [5, 5.41) is 6.65. The van der Waals surface area contributed by atoms with Crippen LogP contribution >= 0.6 is 0 Å². The van der Waals surface area contributed by atoms with Crippen molar-refractivity contribution < 1.29 is 9.53 Å². The molecule has 1 amide bonds. The SMILES string of the molecule is COCC(=O)N1CCN(Cc2ncn[nH]2)CC1. The van der Waals surface area contributed by atoms with Gasteiger partial charge in [0.2, 0.25) is 5.91 Å². The molecule has 0 aliphatic carbocycles. The number of hydrogen-bond acceptors (Lipinski definition) is 5. The van der Waals surface area contributed by atoms with Gasteiger partial charge in [0.15, 0.2) is 0 Å². The van der Waals surface area contributed by atoms with Gasteiger partial charge in [0.05, 0.1) is 6.54 Å². The maximum absolute atomic E-state index is 11.6. The second kappa shape index (κ2) is 5.74. The maximum Gasteiger partial charge on any atom is 0.248 e. The van der Waals surface area contributed by atoms with Crippen LogP contribution in [-0.4, -0.2) is 70.8 Å². The number of carbonyl (C=O) groups is 1. The van der Waals surface area contributed by atoms with Crippen LogP contribution in [0.2, 0.25) is 0 Å². The standard InChI is InChI=1S/C10H17N5O2/c1-17-7-10(16)15-4-2-14(3-5-15)6-9-11-8-12-13-9/h8H,2-7H2,1H3,(H,11,12,13). The van der Waals surface area contributed by atoms with E-state index in [1.54, 1.807) is 0 Å². The molecule has 1 aromatic rings. The third-order valence-corrected chi connectivity index (χ3v) is 2.83. The van der Waals surface area contributed by atoms with Gasteiger partial charge in [0.1, 0.15) is 18.8 Å². The van der Waals surface area contributed by atoms with E-state index in [9.17, 15) is 4.79 Å². The molecule has 1 N–H and O–H groups in total. The molecule has 1 aliphatic rings. The van der Waals surface area contributed by atoms with Gasteiger partial charge in [0.25, 0.3) is 0 Å². The van der Waals surface area contributed by atoms with Gasteiger partial charge in [-0.05, 0) is 0 Å². The Balaban J connectivity index is 1.76. The number of amides is 1. The minimum atomic E-state index is 0.0619. The predicted octanol–water partition coefficient (Wildman–Crippen LogP) is -0.905. The number of rotatable bonds is 4. The summed E-state index contributed by atoms with van der Waals surface area (Å²) in [5.41, 5.74) is 0. The van der Waals surface area contributed by atoms with Crippen molar-refractivity contribution in [2.45, 2.75) is 6.54 Å². The number of piperazine rings is 1. The third-order valence-electron chi connectivity index (χ3n) is 2.83. The second-order valence-corrected chi connectivity index (χ2v) is 4.02. The highest BCUT2D eigenvalue weighted by Gasteiger charge is 2.21. The second-order valence-electron chi connectivity index (χ2n) is 4.02. The Hall–Kier alpha value is -1.47. The van der Waals surface area contributed by atoms with Crippen molar-refractivity contribution in [2.75, 3.05) is 39.9 Å². The number of hydrogen-bond donors (Lipinski definition) is 1. The molecule has 0 bridgehead atoms. The fourth-order valence-corrected chi connectivity index (χ4v) is 1.89. The average molecular weight is 239 g/mol. The van der Waals surface area contributed by atoms with Crippen LogP contribution < -0.4 is 0 Å². The molecule has 0 atom stereocenters. The zero-order valence-corrected chi connectivity index (χ0v) is 9.93. The van der Waals surface area contributed by atoms with Gasteiger partial charge >= 0.3 is 0 Å². The molecule has 7 heteroatoms. The van der Waals surface area contributed by atoms with Crippen molar-refractivity contribution in [3.63, 3.8) is 0 Å². The van der Waals surface area contributed by atoms with Gasteiger partial charge in [-0.2, -0.15) is 5.10 Å². The summed E-state index contributed by atoms with van der Waals surface area (Å²) in [6, 6.07) is 0. The number of ether oxygens (including phenoxy) is 1. The molecule has 7 nitrogen and oxygen atoms in total. The Morgan fingerprint density at radius 3 is 2.82 bits per heavy atom. The Morgan fingerprint density at radius 1 is 1.47 bits per heavy atom. The zero-order valence-electron chi connectivity index (χ0n) is 9.93. The molecule has 0 saturated carbocycles. The summed E-state index contributed by atoms with van der Waals surface area (Å²) in [6.07, 6.45) is 1.51. The Morgan fingerprint density at radius 2 is 2.24 bits per heavy atom. The number of aromatic nitrogens is 3. The highest BCUT2D eigenvalue weighted by atomic mass is 16.5. The van der Waals surface area contributed by atoms with Crippen LogP contribution in [0.1, 0.15) is 5.82 Å². The van der Waals surface area contributed by atoms with Crippen LogP contribution in [0.15, 0.2) is 6.33 Å². The van der Waals surface area contributed by atoms with E-state index in [4.69, 9.17) is 4.74 Å². The van der Waals surface area contributed by atoms with E-state index in [1.165, 1.54) is 13.4 Å². The first-order chi connectivity index (χ1) is 8.29. The number of nitrogens with zero attached hydrogens (tertiary/aromatic N) is 4. The van der Waals surface area contributed by atoms with Crippen LogP contribution in [0.4, 0.5) is 0 Å². The molecular formula is C10H17N5O2. The predicted molar refractivity (Wildman–Crippen MR) is 60.1 cm³/mol. The number of methoxy groups -OCH3 is 1. The molecule has 17 heavy (non-hydrogen) atoms. The minimum Gasteiger partial charge on any atom is -0.375 e. The van der Waals surface area contributed by atoms with Crippen LogP contribution in [0, 0.1) is 0 Å². The molecule has 94 valence electrons. The lowest BCUT2D eigenvalue weighted by molar-refractivity contribution is -0.136. The number of aromatic amines is 1. The first kappa shape index (κ1) is 12.0. The molecule has 2 rings (SSSR count). The maximum atomic E-state index is 11.6. The fourth-order valence-electron chi connectivity index (χ4n) is 1.89.